The molecule has 1 aliphatic rings. The molecule has 2 aromatic rings. The zero-order valence-corrected chi connectivity index (χ0v) is 14.5. The normalized spacial score (nSPS) is 23.0. The fraction of sp³-hybridized carbons (Fsp3) is 0.312. The van der Waals surface area contributed by atoms with Crippen molar-refractivity contribution in [2.24, 2.45) is 7.05 Å². The molecule has 2 atom stereocenters. The predicted octanol–water partition coefficient (Wildman–Crippen LogP) is 2.80. The number of halogens is 2. The molecule has 0 radical (unpaired) electrons. The summed E-state index contributed by atoms with van der Waals surface area (Å²) in [6, 6.07) is 2.96. The summed E-state index contributed by atoms with van der Waals surface area (Å²) in [5, 5.41) is 2.52. The van der Waals surface area contributed by atoms with Gasteiger partial charge in [-0.1, -0.05) is 0 Å². The second kappa shape index (κ2) is 6.23. The third-order valence-electron chi connectivity index (χ3n) is 4.14. The van der Waals surface area contributed by atoms with Crippen molar-refractivity contribution in [3.8, 4) is 0 Å². The molecule has 25 heavy (non-hydrogen) atoms. The third-order valence-corrected chi connectivity index (χ3v) is 5.85. The summed E-state index contributed by atoms with van der Waals surface area (Å²) < 4.78 is 51.3. The Labute approximate surface area is 144 Å². The Bertz CT molecular complexity index is 953. The summed E-state index contributed by atoms with van der Waals surface area (Å²) in [4.78, 5) is 12.9. The second-order valence-corrected chi connectivity index (χ2v) is 7.92. The largest absolute Gasteiger partial charge is 0.345 e. The van der Waals surface area contributed by atoms with E-state index in [0.29, 0.717) is 18.4 Å². The molecule has 1 aromatic carbocycles. The van der Waals surface area contributed by atoms with E-state index in [2.05, 4.69) is 10.0 Å². The van der Waals surface area contributed by atoms with Crippen LogP contribution in [-0.4, -0.2) is 20.7 Å². The highest BCUT2D eigenvalue weighted by atomic mass is 32.2. The molecule has 2 heterocycles. The number of fused-ring (bicyclic) bond motifs is 1. The Kier molecular flexibility index (Phi) is 4.38. The standard InChI is InChI=1S/C16H18F2N4O2S/c1-9-3-5-11-14(25(19,24)21-9)8-22(2)15(11)16(23)20-10-4-6-12(17)13(18)7-10/h4,6-9H,3,5H2,1-2H3,(H,20,23)(H2,19,21,24)/t9-,25?/m0/s1. The number of hydrogen-bond donors (Lipinski definition) is 3. The molecule has 0 bridgehead atoms. The van der Waals surface area contributed by atoms with Gasteiger partial charge in [-0.15, -0.1) is 0 Å². The molecule has 3 rings (SSSR count). The lowest BCUT2D eigenvalue weighted by Crippen LogP contribution is -2.29. The number of carbonyl (C=O) groups is 1. The SMILES string of the molecule is C[C@H]1CCc2c(cn(C)c2C(=O)Nc2ccc(F)c(F)c2)S(=N)(=O)N1. The summed E-state index contributed by atoms with van der Waals surface area (Å²) in [5.74, 6) is -2.59. The van der Waals surface area contributed by atoms with Gasteiger partial charge in [0.05, 0.1) is 4.90 Å². The van der Waals surface area contributed by atoms with Gasteiger partial charge in [-0.05, 0) is 31.9 Å². The summed E-state index contributed by atoms with van der Waals surface area (Å²) in [6.07, 6.45) is 2.62. The molecule has 1 unspecified atom stereocenters. The minimum Gasteiger partial charge on any atom is -0.345 e. The molecular formula is C16H18F2N4O2S. The Hall–Kier alpha value is -2.26. The number of aryl methyl sites for hydroxylation is 1. The average molecular weight is 368 g/mol. The van der Waals surface area contributed by atoms with Crippen molar-refractivity contribution in [2.75, 3.05) is 5.32 Å². The number of anilines is 1. The highest BCUT2D eigenvalue weighted by Gasteiger charge is 2.29. The number of amides is 1. The van der Waals surface area contributed by atoms with E-state index < -0.39 is 27.5 Å². The fourth-order valence-electron chi connectivity index (χ4n) is 2.97. The molecule has 0 saturated heterocycles. The van der Waals surface area contributed by atoms with Crippen LogP contribution >= 0.6 is 0 Å². The van der Waals surface area contributed by atoms with Gasteiger partial charge < -0.3 is 9.88 Å². The van der Waals surface area contributed by atoms with Crippen LogP contribution in [0.4, 0.5) is 14.5 Å². The van der Waals surface area contributed by atoms with Crippen molar-refractivity contribution in [3.05, 3.63) is 47.3 Å². The first-order valence-electron chi connectivity index (χ1n) is 7.69. The smallest absolute Gasteiger partial charge is 0.272 e. The first-order valence-corrected chi connectivity index (χ1v) is 9.25. The Morgan fingerprint density at radius 1 is 1.40 bits per heavy atom. The zero-order chi connectivity index (χ0) is 18.4. The molecule has 1 aliphatic heterocycles. The van der Waals surface area contributed by atoms with Crippen LogP contribution in [0.3, 0.4) is 0 Å². The van der Waals surface area contributed by atoms with E-state index in [9.17, 15) is 17.8 Å². The summed E-state index contributed by atoms with van der Waals surface area (Å²) >= 11 is 0. The fourth-order valence-corrected chi connectivity index (χ4v) is 4.63. The minimum absolute atomic E-state index is 0.116. The molecule has 0 saturated carbocycles. The number of rotatable bonds is 2. The van der Waals surface area contributed by atoms with E-state index in [1.54, 1.807) is 7.05 Å². The van der Waals surface area contributed by atoms with Gasteiger partial charge in [-0.25, -0.2) is 22.5 Å². The van der Waals surface area contributed by atoms with Gasteiger partial charge in [-0.3, -0.25) is 4.79 Å². The minimum atomic E-state index is -3.21. The van der Waals surface area contributed by atoms with Gasteiger partial charge in [0.15, 0.2) is 11.6 Å². The first-order chi connectivity index (χ1) is 11.7. The number of nitrogens with one attached hydrogen (secondary N) is 3. The lowest BCUT2D eigenvalue weighted by molar-refractivity contribution is 0.101. The van der Waals surface area contributed by atoms with Crippen LogP contribution in [0.1, 0.15) is 29.4 Å². The first kappa shape index (κ1) is 17.6. The Morgan fingerprint density at radius 2 is 2.12 bits per heavy atom. The van der Waals surface area contributed by atoms with Crippen molar-refractivity contribution in [1.29, 1.82) is 4.78 Å². The number of nitrogens with zero attached hydrogens (tertiary/aromatic N) is 1. The van der Waals surface area contributed by atoms with Crippen LogP contribution in [0.15, 0.2) is 29.3 Å². The number of hydrogen-bond acceptors (Lipinski definition) is 3. The molecular weight excluding hydrogens is 350 g/mol. The second-order valence-electron chi connectivity index (χ2n) is 6.13. The van der Waals surface area contributed by atoms with Crippen LogP contribution in [0, 0.1) is 16.4 Å². The van der Waals surface area contributed by atoms with Gasteiger partial charge in [-0.2, -0.15) is 0 Å². The van der Waals surface area contributed by atoms with Gasteiger partial charge >= 0.3 is 0 Å². The quantitative estimate of drug-likeness (QED) is 0.761. The van der Waals surface area contributed by atoms with Crippen molar-refractivity contribution >= 4 is 21.5 Å². The number of carbonyl (C=O) groups excluding carboxylic acids is 1. The lowest BCUT2D eigenvalue weighted by Gasteiger charge is -2.11. The maximum atomic E-state index is 13.3. The van der Waals surface area contributed by atoms with Crippen LogP contribution in [0.2, 0.25) is 0 Å². The van der Waals surface area contributed by atoms with E-state index in [1.807, 2.05) is 6.92 Å². The average Bonchev–Trinajstić information content (AvgIpc) is 2.81. The van der Waals surface area contributed by atoms with Crippen LogP contribution in [-0.2, 0) is 23.4 Å². The molecule has 134 valence electrons. The number of aromatic nitrogens is 1. The van der Waals surface area contributed by atoms with E-state index in [0.717, 1.165) is 12.1 Å². The molecule has 0 spiro atoms. The predicted molar refractivity (Wildman–Crippen MR) is 89.8 cm³/mol. The molecule has 6 nitrogen and oxygen atoms in total. The third kappa shape index (κ3) is 3.29. The summed E-state index contributed by atoms with van der Waals surface area (Å²) in [7, 11) is -1.59. The van der Waals surface area contributed by atoms with Gasteiger partial charge in [0.2, 0.25) is 0 Å². The molecule has 1 aromatic heterocycles. The molecule has 9 heteroatoms. The molecule has 3 N–H and O–H groups in total. The molecule has 0 aliphatic carbocycles. The Balaban J connectivity index is 1.99. The maximum Gasteiger partial charge on any atom is 0.272 e. The van der Waals surface area contributed by atoms with Gasteiger partial charge in [0, 0.05) is 36.6 Å². The summed E-state index contributed by atoms with van der Waals surface area (Å²) in [6.45, 7) is 1.83. The van der Waals surface area contributed by atoms with Crippen molar-refractivity contribution in [3.63, 3.8) is 0 Å². The topological polar surface area (TPSA) is 87.0 Å². The van der Waals surface area contributed by atoms with Crippen molar-refractivity contribution < 1.29 is 17.8 Å². The highest BCUT2D eigenvalue weighted by Crippen LogP contribution is 2.28. The van der Waals surface area contributed by atoms with E-state index >= 15 is 0 Å². The van der Waals surface area contributed by atoms with Crippen LogP contribution in [0.25, 0.3) is 0 Å². The monoisotopic (exact) mass is 368 g/mol. The Morgan fingerprint density at radius 3 is 2.80 bits per heavy atom. The molecule has 1 amide bonds. The van der Waals surface area contributed by atoms with Gasteiger partial charge in [0.25, 0.3) is 5.91 Å². The molecule has 0 fully saturated rings. The van der Waals surface area contributed by atoms with Crippen molar-refractivity contribution in [2.45, 2.75) is 30.7 Å². The lowest BCUT2D eigenvalue weighted by atomic mass is 10.1. The highest BCUT2D eigenvalue weighted by molar-refractivity contribution is 7.90. The van der Waals surface area contributed by atoms with Gasteiger partial charge in [0.1, 0.15) is 15.6 Å². The van der Waals surface area contributed by atoms with Crippen LogP contribution < -0.4 is 10.0 Å². The van der Waals surface area contributed by atoms with E-state index in [4.69, 9.17) is 4.78 Å². The zero-order valence-electron chi connectivity index (χ0n) is 13.7. The van der Waals surface area contributed by atoms with Crippen molar-refractivity contribution in [1.82, 2.24) is 9.29 Å². The maximum absolute atomic E-state index is 13.3. The summed E-state index contributed by atoms with van der Waals surface area (Å²) in [5.41, 5.74) is 0.917. The van der Waals surface area contributed by atoms with Crippen LogP contribution in [0.5, 0.6) is 0 Å². The van der Waals surface area contributed by atoms with E-state index in [1.165, 1.54) is 16.8 Å². The van der Waals surface area contributed by atoms with E-state index in [-0.39, 0.29) is 22.3 Å². The number of benzene rings is 1.